The van der Waals surface area contributed by atoms with Crippen LogP contribution in [-0.2, 0) is 26.3 Å². The Morgan fingerprint density at radius 1 is 1.43 bits per heavy atom. The highest BCUT2D eigenvalue weighted by atomic mass is 35.5. The van der Waals surface area contributed by atoms with Gasteiger partial charge in [-0.05, 0) is 37.6 Å². The molecular weight excluding hydrogens is 318 g/mol. The van der Waals surface area contributed by atoms with E-state index in [1.54, 1.807) is 13.8 Å². The van der Waals surface area contributed by atoms with E-state index in [0.29, 0.717) is 17.2 Å². The van der Waals surface area contributed by atoms with Crippen LogP contribution in [0.1, 0.15) is 19.4 Å². The molecule has 1 saturated heterocycles. The van der Waals surface area contributed by atoms with E-state index in [9.17, 15) is 13.2 Å². The zero-order valence-corrected chi connectivity index (χ0v) is 13.5. The molecule has 116 valence electrons. The molecule has 8 heteroatoms. The van der Waals surface area contributed by atoms with Gasteiger partial charge in [0.15, 0.2) is 0 Å². The molecule has 0 atom stereocenters. The van der Waals surface area contributed by atoms with Crippen LogP contribution in [0.3, 0.4) is 0 Å². The Balaban J connectivity index is 2.21. The van der Waals surface area contributed by atoms with Gasteiger partial charge in [0.25, 0.3) is 5.91 Å². The molecule has 1 aliphatic heterocycles. The van der Waals surface area contributed by atoms with E-state index in [4.69, 9.17) is 20.6 Å². The minimum atomic E-state index is -3.62. The number of hydroxylamine groups is 2. The summed E-state index contributed by atoms with van der Waals surface area (Å²) in [5.74, 6) is -0.00388. The molecule has 0 saturated carbocycles. The summed E-state index contributed by atoms with van der Waals surface area (Å²) in [6.07, 6.45) is 0.955. The maximum atomic E-state index is 12.1. The van der Waals surface area contributed by atoms with E-state index in [2.05, 4.69) is 0 Å². The normalized spacial score (nSPS) is 18.1. The van der Waals surface area contributed by atoms with Crippen molar-refractivity contribution in [3.8, 4) is 5.75 Å². The number of hydrogen-bond donors (Lipinski definition) is 0. The molecule has 0 aromatic heterocycles. The first-order chi connectivity index (χ1) is 9.58. The second kappa shape index (κ2) is 5.47. The first-order valence-corrected chi connectivity index (χ1v) is 8.41. The quantitative estimate of drug-likeness (QED) is 0.788. The molecule has 21 heavy (non-hydrogen) atoms. The van der Waals surface area contributed by atoms with E-state index in [-0.39, 0.29) is 18.2 Å². The van der Waals surface area contributed by atoms with Crippen LogP contribution in [0, 0.1) is 5.41 Å². The number of benzene rings is 1. The van der Waals surface area contributed by atoms with Crippen molar-refractivity contribution in [3.63, 3.8) is 0 Å². The van der Waals surface area contributed by atoms with Crippen molar-refractivity contribution in [1.82, 2.24) is 5.06 Å². The lowest BCUT2D eigenvalue weighted by Gasteiger charge is -2.17. The highest BCUT2D eigenvalue weighted by Gasteiger charge is 2.40. The van der Waals surface area contributed by atoms with Gasteiger partial charge in [0, 0.05) is 5.02 Å². The van der Waals surface area contributed by atoms with Crippen LogP contribution in [0.2, 0.25) is 5.02 Å². The van der Waals surface area contributed by atoms with E-state index in [0.717, 1.165) is 6.26 Å². The van der Waals surface area contributed by atoms with Gasteiger partial charge in [-0.25, -0.2) is 5.06 Å². The molecule has 6 nitrogen and oxygen atoms in total. The summed E-state index contributed by atoms with van der Waals surface area (Å²) < 4.78 is 27.1. The van der Waals surface area contributed by atoms with Crippen molar-refractivity contribution in [1.29, 1.82) is 0 Å². The van der Waals surface area contributed by atoms with E-state index in [1.807, 2.05) is 0 Å². The lowest BCUT2D eigenvalue weighted by Crippen LogP contribution is -2.30. The van der Waals surface area contributed by atoms with Crippen LogP contribution in [0.15, 0.2) is 18.2 Å². The Bertz CT molecular complexity index is 671. The summed E-state index contributed by atoms with van der Waals surface area (Å²) in [6.45, 7) is 4.01. The zero-order chi connectivity index (χ0) is 15.8. The zero-order valence-electron chi connectivity index (χ0n) is 11.9. The monoisotopic (exact) mass is 333 g/mol. The van der Waals surface area contributed by atoms with Gasteiger partial charge >= 0.3 is 10.1 Å². The molecule has 1 fully saturated rings. The number of carbonyl (C=O) groups excluding carboxylic acids is 1. The molecular formula is C13H16ClNO5S. The summed E-state index contributed by atoms with van der Waals surface area (Å²) in [5, 5.41) is 1.63. The Labute approximate surface area is 128 Å². The summed E-state index contributed by atoms with van der Waals surface area (Å²) in [7, 11) is -3.62. The standard InChI is InChI=1S/C13H16ClNO5S/c1-13(2)8-19-15(12(13)16)7-9-6-10(4-5-11(9)14)20-21(3,17)18/h4-6H,7-8H2,1-3H3. The molecule has 1 amide bonds. The van der Waals surface area contributed by atoms with Gasteiger partial charge in [0.2, 0.25) is 0 Å². The van der Waals surface area contributed by atoms with Gasteiger partial charge < -0.3 is 4.18 Å². The van der Waals surface area contributed by atoms with Gasteiger partial charge in [-0.15, -0.1) is 0 Å². The van der Waals surface area contributed by atoms with Crippen LogP contribution in [0.4, 0.5) is 0 Å². The third-order valence-corrected chi connectivity index (χ3v) is 3.83. The van der Waals surface area contributed by atoms with Gasteiger partial charge in [0.05, 0.1) is 24.8 Å². The molecule has 1 aliphatic rings. The van der Waals surface area contributed by atoms with Crippen LogP contribution in [0.5, 0.6) is 5.75 Å². The third kappa shape index (κ3) is 3.87. The Morgan fingerprint density at radius 2 is 2.10 bits per heavy atom. The number of nitrogens with zero attached hydrogens (tertiary/aromatic N) is 1. The maximum absolute atomic E-state index is 12.1. The molecule has 0 N–H and O–H groups in total. The first-order valence-electron chi connectivity index (χ1n) is 6.21. The molecule has 0 aliphatic carbocycles. The molecule has 1 aromatic carbocycles. The van der Waals surface area contributed by atoms with E-state index >= 15 is 0 Å². The SMILES string of the molecule is CC1(C)CON(Cc2cc(OS(C)(=O)=O)ccc2Cl)C1=O. The second-order valence-corrected chi connectivity index (χ2v) is 7.52. The molecule has 0 spiro atoms. The summed E-state index contributed by atoms with van der Waals surface area (Å²) in [4.78, 5) is 17.4. The van der Waals surface area contributed by atoms with Gasteiger partial charge in [0.1, 0.15) is 5.75 Å². The van der Waals surface area contributed by atoms with Crippen LogP contribution < -0.4 is 4.18 Å². The highest BCUT2D eigenvalue weighted by Crippen LogP contribution is 2.30. The first kappa shape index (κ1) is 16.1. The van der Waals surface area contributed by atoms with Crippen LogP contribution >= 0.6 is 11.6 Å². The van der Waals surface area contributed by atoms with Crippen LogP contribution in [-0.4, -0.2) is 32.3 Å². The fourth-order valence-electron chi connectivity index (χ4n) is 1.87. The van der Waals surface area contributed by atoms with Crippen molar-refractivity contribution in [3.05, 3.63) is 28.8 Å². The Morgan fingerprint density at radius 3 is 2.62 bits per heavy atom. The number of amides is 1. The molecule has 0 radical (unpaired) electrons. The van der Waals surface area contributed by atoms with Crippen molar-refractivity contribution in [2.45, 2.75) is 20.4 Å². The fraction of sp³-hybridized carbons (Fsp3) is 0.462. The molecule has 2 rings (SSSR count). The third-order valence-electron chi connectivity index (χ3n) is 2.97. The topological polar surface area (TPSA) is 72.9 Å². The maximum Gasteiger partial charge on any atom is 0.306 e. The highest BCUT2D eigenvalue weighted by molar-refractivity contribution is 7.86. The smallest absolute Gasteiger partial charge is 0.306 e. The van der Waals surface area contributed by atoms with Crippen LogP contribution in [0.25, 0.3) is 0 Å². The predicted molar refractivity (Wildman–Crippen MR) is 77.2 cm³/mol. The minimum absolute atomic E-state index is 0.127. The number of carbonyl (C=O) groups is 1. The summed E-state index contributed by atoms with van der Waals surface area (Å²) in [5.41, 5.74) is -0.0308. The minimum Gasteiger partial charge on any atom is -0.383 e. The van der Waals surface area contributed by atoms with Crippen molar-refractivity contribution >= 4 is 27.6 Å². The molecule has 0 bridgehead atoms. The largest absolute Gasteiger partial charge is 0.383 e. The van der Waals surface area contributed by atoms with E-state index in [1.165, 1.54) is 23.3 Å². The fourth-order valence-corrected chi connectivity index (χ4v) is 2.50. The molecule has 1 aromatic rings. The average Bonchev–Trinajstić information content (AvgIpc) is 2.59. The molecule has 1 heterocycles. The van der Waals surface area contributed by atoms with Gasteiger partial charge in [-0.1, -0.05) is 11.6 Å². The second-order valence-electron chi connectivity index (χ2n) is 5.54. The Hall–Kier alpha value is -1.31. The number of rotatable bonds is 4. The lowest BCUT2D eigenvalue weighted by atomic mass is 9.95. The average molecular weight is 334 g/mol. The summed E-state index contributed by atoms with van der Waals surface area (Å²) in [6, 6.07) is 4.44. The van der Waals surface area contributed by atoms with Gasteiger partial charge in [-0.3, -0.25) is 9.63 Å². The number of halogens is 1. The summed E-state index contributed by atoms with van der Waals surface area (Å²) >= 11 is 6.07. The van der Waals surface area contributed by atoms with E-state index < -0.39 is 15.5 Å². The number of hydrogen-bond acceptors (Lipinski definition) is 5. The Kier molecular flexibility index (Phi) is 4.19. The van der Waals surface area contributed by atoms with Crippen molar-refractivity contribution < 1.29 is 22.2 Å². The molecule has 0 unspecified atom stereocenters. The lowest BCUT2D eigenvalue weighted by molar-refractivity contribution is -0.165. The van der Waals surface area contributed by atoms with Crippen molar-refractivity contribution in [2.75, 3.05) is 12.9 Å². The predicted octanol–water partition coefficient (Wildman–Crippen LogP) is 1.98. The van der Waals surface area contributed by atoms with Gasteiger partial charge in [-0.2, -0.15) is 8.42 Å². The van der Waals surface area contributed by atoms with Crippen molar-refractivity contribution in [2.24, 2.45) is 5.41 Å².